The molecule has 0 spiro atoms. The molecule has 4 aromatic rings. The number of nitrogens with one attached hydrogen (secondary N) is 2. The van der Waals surface area contributed by atoms with Crippen molar-refractivity contribution in [2.75, 3.05) is 10.6 Å². The van der Waals surface area contributed by atoms with Gasteiger partial charge in [0.25, 0.3) is 5.91 Å². The molecule has 3 heterocycles. The van der Waals surface area contributed by atoms with Gasteiger partial charge in [-0.25, -0.2) is 9.97 Å². The molecular formula is C23H20F2N6O3. The second-order valence-electron chi connectivity index (χ2n) is 7.72. The van der Waals surface area contributed by atoms with Crippen LogP contribution >= 0.6 is 0 Å². The molecule has 9 nitrogen and oxygen atoms in total. The smallest absolute Gasteiger partial charge is 0.395 e. The Labute approximate surface area is 192 Å². The van der Waals surface area contributed by atoms with Gasteiger partial charge in [0, 0.05) is 17.8 Å². The molecule has 1 aliphatic rings. The average Bonchev–Trinajstić information content (AvgIpc) is 3.36. The fourth-order valence-corrected chi connectivity index (χ4v) is 3.56. The number of carbonyl (C=O) groups excluding carboxylic acids is 1. The Hall–Kier alpha value is -4.28. The van der Waals surface area contributed by atoms with Crippen molar-refractivity contribution in [3.63, 3.8) is 0 Å². The average molecular weight is 466 g/mol. The van der Waals surface area contributed by atoms with Gasteiger partial charge in [-0.2, -0.15) is 5.10 Å². The summed E-state index contributed by atoms with van der Waals surface area (Å²) in [6.07, 6.45) is -0.247. The summed E-state index contributed by atoms with van der Waals surface area (Å²) in [6.45, 7) is 4.67. The largest absolute Gasteiger partial charge is 0.586 e. The minimum atomic E-state index is -3.74. The zero-order valence-corrected chi connectivity index (χ0v) is 18.3. The van der Waals surface area contributed by atoms with Crippen molar-refractivity contribution in [3.8, 4) is 11.5 Å². The number of amides is 1. The van der Waals surface area contributed by atoms with Gasteiger partial charge in [-0.05, 0) is 49.7 Å². The number of anilines is 2. The quantitative estimate of drug-likeness (QED) is 0.428. The van der Waals surface area contributed by atoms with Crippen LogP contribution in [0.5, 0.6) is 11.5 Å². The zero-order valence-electron chi connectivity index (χ0n) is 18.3. The van der Waals surface area contributed by atoms with Crippen LogP contribution in [0.3, 0.4) is 0 Å². The van der Waals surface area contributed by atoms with Crippen molar-refractivity contribution in [2.45, 2.75) is 32.7 Å². The number of hydrogen-bond acceptors (Lipinski definition) is 7. The van der Waals surface area contributed by atoms with Gasteiger partial charge in [-0.3, -0.25) is 9.48 Å². The van der Waals surface area contributed by atoms with Gasteiger partial charge in [-0.15, -0.1) is 8.78 Å². The lowest BCUT2D eigenvalue weighted by molar-refractivity contribution is -0.286. The standard InChI is InChI=1S/C23H20F2N6O3/c1-3-31-12-17-21(30-31)29-20(11-26-17)27-13(2)14-5-4-6-16(9-14)28-22(32)15-7-8-18-19(10-15)34-23(24,25)33-18/h4-13H,3H2,1-2H3,(H,28,32)(H,27,29,30)/t13-/m0/s1. The van der Waals surface area contributed by atoms with Crippen LogP contribution in [0.1, 0.15) is 35.8 Å². The van der Waals surface area contributed by atoms with E-state index in [1.807, 2.05) is 32.2 Å². The summed E-state index contributed by atoms with van der Waals surface area (Å²) < 4.78 is 37.0. The van der Waals surface area contributed by atoms with Crippen LogP contribution in [0.25, 0.3) is 11.2 Å². The minimum Gasteiger partial charge on any atom is -0.395 e. The molecule has 0 saturated carbocycles. The number of benzene rings is 2. The van der Waals surface area contributed by atoms with Gasteiger partial charge in [0.15, 0.2) is 11.5 Å². The van der Waals surface area contributed by atoms with Crippen LogP contribution in [0.4, 0.5) is 20.3 Å². The Morgan fingerprint density at radius 2 is 2.00 bits per heavy atom. The van der Waals surface area contributed by atoms with Gasteiger partial charge in [0.2, 0.25) is 5.65 Å². The maximum Gasteiger partial charge on any atom is 0.586 e. The molecular weight excluding hydrogens is 446 g/mol. The third-order valence-electron chi connectivity index (χ3n) is 5.27. The number of rotatable bonds is 6. The van der Waals surface area contributed by atoms with Crippen molar-refractivity contribution in [1.29, 1.82) is 0 Å². The SMILES string of the molecule is CCn1cc2ncc(N[C@@H](C)c3cccc(NC(=O)c4ccc5c(c4)OC(F)(F)O5)c3)nc2n1. The van der Waals surface area contributed by atoms with E-state index in [1.54, 1.807) is 23.0 Å². The molecule has 11 heteroatoms. The first kappa shape index (κ1) is 21.6. The maximum absolute atomic E-state index is 13.2. The number of halogens is 2. The Morgan fingerprint density at radius 1 is 1.18 bits per heavy atom. The van der Waals surface area contributed by atoms with Gasteiger partial charge >= 0.3 is 6.29 Å². The molecule has 174 valence electrons. The first-order valence-electron chi connectivity index (χ1n) is 10.6. The highest BCUT2D eigenvalue weighted by Gasteiger charge is 2.43. The van der Waals surface area contributed by atoms with Crippen LogP contribution in [-0.2, 0) is 6.54 Å². The number of ether oxygens (including phenoxy) is 2. The first-order chi connectivity index (χ1) is 16.3. The minimum absolute atomic E-state index is 0.119. The monoisotopic (exact) mass is 466 g/mol. The van der Waals surface area contributed by atoms with Crippen LogP contribution in [-0.4, -0.2) is 32.0 Å². The van der Waals surface area contributed by atoms with Crippen LogP contribution in [0.15, 0.2) is 54.9 Å². The summed E-state index contributed by atoms with van der Waals surface area (Å²) in [5.41, 5.74) is 2.87. The third-order valence-corrected chi connectivity index (χ3v) is 5.27. The fraction of sp³-hybridized carbons (Fsp3) is 0.217. The Bertz CT molecular complexity index is 1390. The summed E-state index contributed by atoms with van der Waals surface area (Å²) in [5.74, 6) is -0.201. The van der Waals surface area contributed by atoms with Gasteiger partial charge < -0.3 is 20.1 Å². The predicted octanol–water partition coefficient (Wildman–Crippen LogP) is 4.59. The number of fused-ring (bicyclic) bond motifs is 2. The lowest BCUT2D eigenvalue weighted by Crippen LogP contribution is -2.25. The highest BCUT2D eigenvalue weighted by atomic mass is 19.3. The molecule has 0 unspecified atom stereocenters. The summed E-state index contributed by atoms with van der Waals surface area (Å²) in [5, 5.41) is 10.4. The molecule has 0 aliphatic carbocycles. The second kappa shape index (κ2) is 8.25. The van der Waals surface area contributed by atoms with Gasteiger partial charge in [-0.1, -0.05) is 12.1 Å². The molecule has 0 fully saturated rings. The number of alkyl halides is 2. The van der Waals surface area contributed by atoms with E-state index in [-0.39, 0.29) is 23.1 Å². The van der Waals surface area contributed by atoms with Crippen molar-refractivity contribution < 1.29 is 23.0 Å². The topological polar surface area (TPSA) is 103 Å². The maximum atomic E-state index is 13.2. The molecule has 1 amide bonds. The van der Waals surface area contributed by atoms with E-state index in [9.17, 15) is 13.6 Å². The Kier molecular flexibility index (Phi) is 5.23. The molecule has 0 saturated heterocycles. The lowest BCUT2D eigenvalue weighted by atomic mass is 10.1. The molecule has 1 atom stereocenters. The van der Waals surface area contributed by atoms with Gasteiger partial charge in [0.1, 0.15) is 11.3 Å². The lowest BCUT2D eigenvalue weighted by Gasteiger charge is -2.16. The molecule has 2 N–H and O–H groups in total. The van der Waals surface area contributed by atoms with Crippen LogP contribution < -0.4 is 20.1 Å². The Morgan fingerprint density at radius 3 is 2.82 bits per heavy atom. The van der Waals surface area contributed by atoms with Gasteiger partial charge in [0.05, 0.1) is 18.4 Å². The normalized spacial score (nSPS) is 14.7. The highest BCUT2D eigenvalue weighted by molar-refractivity contribution is 6.04. The van der Waals surface area contributed by atoms with E-state index >= 15 is 0 Å². The molecule has 34 heavy (non-hydrogen) atoms. The third kappa shape index (κ3) is 4.32. The number of carbonyl (C=O) groups is 1. The number of aryl methyl sites for hydroxylation is 1. The van der Waals surface area contributed by atoms with Crippen LogP contribution in [0, 0.1) is 0 Å². The summed E-state index contributed by atoms with van der Waals surface area (Å²) in [6, 6.07) is 11.0. The number of hydrogen-bond donors (Lipinski definition) is 2. The van der Waals surface area contributed by atoms with E-state index in [4.69, 9.17) is 0 Å². The summed E-state index contributed by atoms with van der Waals surface area (Å²) >= 11 is 0. The summed E-state index contributed by atoms with van der Waals surface area (Å²) in [4.78, 5) is 21.6. The zero-order chi connectivity index (χ0) is 23.9. The van der Waals surface area contributed by atoms with Crippen molar-refractivity contribution in [3.05, 3.63) is 66.0 Å². The molecule has 0 bridgehead atoms. The first-order valence-corrected chi connectivity index (χ1v) is 10.6. The van der Waals surface area contributed by atoms with E-state index in [0.29, 0.717) is 17.2 Å². The van der Waals surface area contributed by atoms with Crippen molar-refractivity contribution in [2.24, 2.45) is 0 Å². The number of aromatic nitrogens is 4. The molecule has 1 aliphatic heterocycles. The predicted molar refractivity (Wildman–Crippen MR) is 120 cm³/mol. The highest BCUT2D eigenvalue weighted by Crippen LogP contribution is 2.41. The number of nitrogens with zero attached hydrogens (tertiary/aromatic N) is 4. The van der Waals surface area contributed by atoms with E-state index < -0.39 is 12.2 Å². The van der Waals surface area contributed by atoms with Crippen molar-refractivity contribution >= 4 is 28.6 Å². The second-order valence-corrected chi connectivity index (χ2v) is 7.72. The summed E-state index contributed by atoms with van der Waals surface area (Å²) in [7, 11) is 0. The van der Waals surface area contributed by atoms with E-state index in [1.165, 1.54) is 18.2 Å². The fourth-order valence-electron chi connectivity index (χ4n) is 3.56. The van der Waals surface area contributed by atoms with E-state index in [2.05, 4.69) is 35.2 Å². The molecule has 5 rings (SSSR count). The molecule has 0 radical (unpaired) electrons. The molecule has 2 aromatic heterocycles. The van der Waals surface area contributed by atoms with E-state index in [0.717, 1.165) is 17.6 Å². The van der Waals surface area contributed by atoms with Crippen molar-refractivity contribution in [1.82, 2.24) is 19.7 Å². The van der Waals surface area contributed by atoms with Crippen LogP contribution in [0.2, 0.25) is 0 Å². The Balaban J connectivity index is 1.28. The molecule has 2 aromatic carbocycles.